The molecule has 0 aliphatic heterocycles. The molecule has 0 fully saturated rings. The van der Waals surface area contributed by atoms with Crippen LogP contribution < -0.4 is 16.2 Å². The molecule has 0 amide bonds. The fourth-order valence-corrected chi connectivity index (χ4v) is 4.39. The van der Waals surface area contributed by atoms with Gasteiger partial charge < -0.3 is 21.3 Å². The zero-order valence-corrected chi connectivity index (χ0v) is 19.4. The summed E-state index contributed by atoms with van der Waals surface area (Å²) in [6.07, 6.45) is 3.49. The Morgan fingerprint density at radius 2 is 1.84 bits per heavy atom. The van der Waals surface area contributed by atoms with Gasteiger partial charge in [0.15, 0.2) is 0 Å². The van der Waals surface area contributed by atoms with E-state index in [-0.39, 0.29) is 12.6 Å². The number of nitrogens with two attached hydrogens (primary N) is 2. The highest BCUT2D eigenvalue weighted by atomic mass is 32.1. The number of thiazole rings is 1. The van der Waals surface area contributed by atoms with Crippen LogP contribution in [0.5, 0.6) is 5.75 Å². The van der Waals surface area contributed by atoms with Gasteiger partial charge in [-0.25, -0.2) is 9.97 Å². The third kappa shape index (κ3) is 6.38. The quantitative estimate of drug-likeness (QED) is 0.459. The fourth-order valence-electron chi connectivity index (χ4n) is 3.18. The molecule has 0 saturated carbocycles. The molecule has 2 heterocycles. The Morgan fingerprint density at radius 1 is 1.06 bits per heavy atom. The van der Waals surface area contributed by atoms with Crippen molar-refractivity contribution in [1.82, 2.24) is 15.0 Å². The molecule has 0 bridgehead atoms. The number of ether oxygens (including phenoxy) is 1. The number of anilines is 2. The van der Waals surface area contributed by atoms with E-state index in [9.17, 15) is 5.11 Å². The van der Waals surface area contributed by atoms with Gasteiger partial charge in [0.2, 0.25) is 5.95 Å². The maximum atomic E-state index is 9.98. The highest BCUT2D eigenvalue weighted by Gasteiger charge is 2.17. The molecule has 31 heavy (non-hydrogen) atoms. The zero-order chi connectivity index (χ0) is 22.6. The molecule has 0 aliphatic rings. The van der Waals surface area contributed by atoms with E-state index in [1.807, 2.05) is 19.1 Å². The molecule has 3 aromatic rings. The Labute approximate surface area is 187 Å². The number of aryl methyl sites for hydroxylation is 4. The van der Waals surface area contributed by atoms with Crippen LogP contribution >= 0.6 is 11.3 Å². The minimum Gasteiger partial charge on any atom is -0.490 e. The second-order valence-corrected chi connectivity index (χ2v) is 9.45. The van der Waals surface area contributed by atoms with Gasteiger partial charge in [-0.1, -0.05) is 25.5 Å². The van der Waals surface area contributed by atoms with Crippen LogP contribution in [0.4, 0.5) is 11.8 Å². The SMILES string of the molecule is CCCc1sc(-c2ccc(C)c(OCC(C)(C)O)c2)nc1CCc1cc(N)nc(N)n1. The molecule has 3 rings (SSSR count). The van der Waals surface area contributed by atoms with Gasteiger partial charge in [0.25, 0.3) is 0 Å². The van der Waals surface area contributed by atoms with E-state index in [2.05, 4.69) is 23.0 Å². The highest BCUT2D eigenvalue weighted by molar-refractivity contribution is 7.15. The average molecular weight is 442 g/mol. The molecule has 0 aliphatic carbocycles. The van der Waals surface area contributed by atoms with Crippen molar-refractivity contribution in [2.24, 2.45) is 0 Å². The number of rotatable bonds is 9. The van der Waals surface area contributed by atoms with E-state index in [4.69, 9.17) is 21.2 Å². The zero-order valence-electron chi connectivity index (χ0n) is 18.6. The smallest absolute Gasteiger partial charge is 0.222 e. The molecule has 0 unspecified atom stereocenters. The van der Waals surface area contributed by atoms with Crippen molar-refractivity contribution in [2.75, 3.05) is 18.1 Å². The molecule has 0 spiro atoms. The average Bonchev–Trinajstić information content (AvgIpc) is 3.07. The molecule has 5 N–H and O–H groups in total. The molecule has 0 atom stereocenters. The molecule has 0 radical (unpaired) electrons. The number of aromatic nitrogens is 3. The Kier molecular flexibility index (Phi) is 7.12. The van der Waals surface area contributed by atoms with Crippen LogP contribution in [0.25, 0.3) is 10.6 Å². The molecular formula is C23H31N5O2S. The molecule has 2 aromatic heterocycles. The first kappa shape index (κ1) is 23.0. The lowest BCUT2D eigenvalue weighted by molar-refractivity contribution is 0.0283. The van der Waals surface area contributed by atoms with Gasteiger partial charge in [0, 0.05) is 22.2 Å². The van der Waals surface area contributed by atoms with E-state index >= 15 is 0 Å². The van der Waals surface area contributed by atoms with Crippen LogP contribution in [0, 0.1) is 6.92 Å². The largest absolute Gasteiger partial charge is 0.490 e. The van der Waals surface area contributed by atoms with Gasteiger partial charge in [0.1, 0.15) is 23.2 Å². The molecule has 0 saturated heterocycles. The Hall–Kier alpha value is -2.71. The van der Waals surface area contributed by atoms with Gasteiger partial charge >= 0.3 is 0 Å². The first-order valence-electron chi connectivity index (χ1n) is 10.5. The Bertz CT molecular complexity index is 1020. The van der Waals surface area contributed by atoms with E-state index in [0.717, 1.165) is 52.5 Å². The first-order valence-corrected chi connectivity index (χ1v) is 11.3. The van der Waals surface area contributed by atoms with E-state index in [1.54, 1.807) is 31.3 Å². The van der Waals surface area contributed by atoms with Crippen molar-refractivity contribution in [3.8, 4) is 16.3 Å². The second kappa shape index (κ2) is 9.62. The molecular weight excluding hydrogens is 410 g/mol. The summed E-state index contributed by atoms with van der Waals surface area (Å²) in [4.78, 5) is 14.4. The summed E-state index contributed by atoms with van der Waals surface area (Å²) in [6, 6.07) is 7.86. The minimum absolute atomic E-state index is 0.195. The molecule has 8 heteroatoms. The van der Waals surface area contributed by atoms with Crippen molar-refractivity contribution in [1.29, 1.82) is 0 Å². The maximum Gasteiger partial charge on any atom is 0.222 e. The van der Waals surface area contributed by atoms with E-state index in [1.165, 1.54) is 4.88 Å². The van der Waals surface area contributed by atoms with Crippen LogP contribution in [0.15, 0.2) is 24.3 Å². The predicted molar refractivity (Wildman–Crippen MR) is 126 cm³/mol. The van der Waals surface area contributed by atoms with Gasteiger partial charge in [0.05, 0.1) is 11.3 Å². The van der Waals surface area contributed by atoms with Crippen LogP contribution in [-0.4, -0.2) is 32.3 Å². The lowest BCUT2D eigenvalue weighted by Gasteiger charge is -2.19. The summed E-state index contributed by atoms with van der Waals surface area (Å²) >= 11 is 1.72. The lowest BCUT2D eigenvalue weighted by atomic mass is 10.1. The first-order chi connectivity index (χ1) is 14.6. The van der Waals surface area contributed by atoms with E-state index < -0.39 is 5.60 Å². The Balaban J connectivity index is 1.84. The maximum absolute atomic E-state index is 9.98. The molecule has 1 aromatic carbocycles. The van der Waals surface area contributed by atoms with Crippen molar-refractivity contribution in [3.05, 3.63) is 46.1 Å². The second-order valence-electron chi connectivity index (χ2n) is 8.36. The highest BCUT2D eigenvalue weighted by Crippen LogP contribution is 2.33. The number of aliphatic hydroxyl groups is 1. The minimum atomic E-state index is -0.890. The topological polar surface area (TPSA) is 120 Å². The van der Waals surface area contributed by atoms with Gasteiger partial charge in [-0.15, -0.1) is 11.3 Å². The third-order valence-corrected chi connectivity index (χ3v) is 5.91. The van der Waals surface area contributed by atoms with Gasteiger partial charge in [-0.3, -0.25) is 0 Å². The van der Waals surface area contributed by atoms with Crippen LogP contribution in [0.3, 0.4) is 0 Å². The monoisotopic (exact) mass is 441 g/mol. The van der Waals surface area contributed by atoms with Crippen LogP contribution in [0.2, 0.25) is 0 Å². The fraction of sp³-hybridized carbons (Fsp3) is 0.435. The van der Waals surface area contributed by atoms with Gasteiger partial charge in [-0.05, 0) is 51.7 Å². The standard InChI is InChI=1S/C23H31N5O2S/c1-5-6-19-17(10-9-16-12-20(24)28-22(25)26-16)27-21(31-19)15-8-7-14(2)18(11-15)30-13-23(3,4)29/h7-8,11-12,29H,5-6,9-10,13H2,1-4H3,(H4,24,25,26,28). The van der Waals surface area contributed by atoms with Crippen molar-refractivity contribution < 1.29 is 9.84 Å². The Morgan fingerprint density at radius 3 is 2.52 bits per heavy atom. The number of hydrogen-bond donors (Lipinski definition) is 3. The summed E-state index contributed by atoms with van der Waals surface area (Å²) < 4.78 is 5.86. The lowest BCUT2D eigenvalue weighted by Crippen LogP contribution is -2.28. The normalized spacial score (nSPS) is 11.6. The summed E-state index contributed by atoms with van der Waals surface area (Å²) in [7, 11) is 0. The van der Waals surface area contributed by atoms with Crippen molar-refractivity contribution in [2.45, 2.75) is 59.0 Å². The summed E-state index contributed by atoms with van der Waals surface area (Å²) in [5.74, 6) is 1.34. The molecule has 7 nitrogen and oxygen atoms in total. The number of benzene rings is 1. The summed E-state index contributed by atoms with van der Waals surface area (Å²) in [6.45, 7) is 7.86. The van der Waals surface area contributed by atoms with E-state index in [0.29, 0.717) is 12.2 Å². The summed E-state index contributed by atoms with van der Waals surface area (Å²) in [5.41, 5.74) is 14.6. The molecule has 166 valence electrons. The number of nitrogen functional groups attached to an aromatic ring is 2. The number of nitrogens with zero attached hydrogens (tertiary/aromatic N) is 3. The van der Waals surface area contributed by atoms with Crippen LogP contribution in [-0.2, 0) is 19.3 Å². The van der Waals surface area contributed by atoms with Gasteiger partial charge in [-0.2, -0.15) is 4.98 Å². The van der Waals surface area contributed by atoms with Crippen LogP contribution in [0.1, 0.15) is 49.0 Å². The summed E-state index contributed by atoms with van der Waals surface area (Å²) in [5, 5.41) is 10.9. The third-order valence-electron chi connectivity index (χ3n) is 4.71. The van der Waals surface area contributed by atoms with Crippen molar-refractivity contribution >= 4 is 23.1 Å². The number of hydrogen-bond acceptors (Lipinski definition) is 8. The van der Waals surface area contributed by atoms with Crippen molar-refractivity contribution in [3.63, 3.8) is 0 Å². The predicted octanol–water partition coefficient (Wildman–Crippen LogP) is 3.96.